The van der Waals surface area contributed by atoms with Gasteiger partial charge in [-0.15, -0.1) is 0 Å². The first-order valence-corrected chi connectivity index (χ1v) is 15.0. The Morgan fingerprint density at radius 1 is 0.341 bits per heavy atom. The SMILES string of the molecule is c1ccc(-c2cccc(N(c3ccc4c(ccc5ccc6ccccc6c54)c3)c3ccc4c(c3)oc3ccccc34)c2)cc1. The summed E-state index contributed by atoms with van der Waals surface area (Å²) < 4.78 is 6.34. The van der Waals surface area contributed by atoms with Gasteiger partial charge < -0.3 is 9.32 Å². The van der Waals surface area contributed by atoms with Gasteiger partial charge in [-0.1, -0.05) is 115 Å². The van der Waals surface area contributed by atoms with E-state index in [-0.39, 0.29) is 0 Å². The van der Waals surface area contributed by atoms with Crippen LogP contribution in [0.2, 0.25) is 0 Å². The Kier molecular flexibility index (Phi) is 5.54. The normalized spacial score (nSPS) is 11.6. The number of fused-ring (bicyclic) bond motifs is 8. The Morgan fingerprint density at radius 2 is 0.955 bits per heavy atom. The lowest BCUT2D eigenvalue weighted by Gasteiger charge is -2.26. The summed E-state index contributed by atoms with van der Waals surface area (Å²) in [5.74, 6) is 0. The molecule has 0 fully saturated rings. The quantitative estimate of drug-likeness (QED) is 0.199. The van der Waals surface area contributed by atoms with Crippen LogP contribution in [0, 0.1) is 0 Å². The second kappa shape index (κ2) is 9.86. The van der Waals surface area contributed by atoms with Crippen molar-refractivity contribution in [3.63, 3.8) is 0 Å². The third-order valence-corrected chi connectivity index (χ3v) is 8.80. The number of anilines is 3. The number of benzene rings is 8. The zero-order valence-corrected chi connectivity index (χ0v) is 23.9. The van der Waals surface area contributed by atoms with E-state index in [0.29, 0.717) is 0 Å². The summed E-state index contributed by atoms with van der Waals surface area (Å²) >= 11 is 0. The van der Waals surface area contributed by atoms with E-state index in [1.54, 1.807) is 0 Å². The summed E-state index contributed by atoms with van der Waals surface area (Å²) in [5, 5.41) is 9.83. The van der Waals surface area contributed by atoms with Crippen molar-refractivity contribution in [2.75, 3.05) is 4.90 Å². The predicted octanol–water partition coefficient (Wildman–Crippen LogP) is 12.2. The molecule has 9 rings (SSSR count). The van der Waals surface area contributed by atoms with Gasteiger partial charge in [-0.2, -0.15) is 0 Å². The van der Waals surface area contributed by atoms with Gasteiger partial charge in [0.15, 0.2) is 0 Å². The fourth-order valence-corrected chi connectivity index (χ4v) is 6.72. The summed E-state index contributed by atoms with van der Waals surface area (Å²) in [7, 11) is 0. The van der Waals surface area contributed by atoms with Crippen molar-refractivity contribution in [2.24, 2.45) is 0 Å². The molecule has 0 saturated heterocycles. The first kappa shape index (κ1) is 24.7. The predicted molar refractivity (Wildman–Crippen MR) is 186 cm³/mol. The number of para-hydroxylation sites is 1. The molecule has 1 heterocycles. The molecule has 0 spiro atoms. The van der Waals surface area contributed by atoms with Gasteiger partial charge in [0.05, 0.1) is 0 Å². The van der Waals surface area contributed by atoms with Crippen LogP contribution in [0.25, 0.3) is 65.4 Å². The maximum Gasteiger partial charge on any atom is 0.137 e. The first-order valence-electron chi connectivity index (χ1n) is 15.0. The van der Waals surface area contributed by atoms with Crippen LogP contribution in [0.5, 0.6) is 0 Å². The van der Waals surface area contributed by atoms with Gasteiger partial charge in [-0.05, 0) is 85.9 Å². The molecule has 0 bridgehead atoms. The maximum atomic E-state index is 6.34. The first-order chi connectivity index (χ1) is 21.8. The molecule has 0 radical (unpaired) electrons. The summed E-state index contributed by atoms with van der Waals surface area (Å²) in [6.45, 7) is 0. The van der Waals surface area contributed by atoms with Crippen molar-refractivity contribution in [3.8, 4) is 11.1 Å². The van der Waals surface area contributed by atoms with E-state index in [9.17, 15) is 0 Å². The molecule has 9 aromatic rings. The van der Waals surface area contributed by atoms with Crippen molar-refractivity contribution in [1.29, 1.82) is 0 Å². The zero-order chi connectivity index (χ0) is 29.0. The fraction of sp³-hybridized carbons (Fsp3) is 0. The topological polar surface area (TPSA) is 16.4 Å². The van der Waals surface area contributed by atoms with Gasteiger partial charge in [-0.3, -0.25) is 0 Å². The highest BCUT2D eigenvalue weighted by Crippen LogP contribution is 2.41. The molecule has 2 nitrogen and oxygen atoms in total. The molecule has 0 unspecified atom stereocenters. The average Bonchev–Trinajstić information content (AvgIpc) is 3.46. The van der Waals surface area contributed by atoms with E-state index >= 15 is 0 Å². The van der Waals surface area contributed by atoms with Crippen LogP contribution >= 0.6 is 0 Å². The third-order valence-electron chi connectivity index (χ3n) is 8.80. The molecular weight excluding hydrogens is 534 g/mol. The fourth-order valence-electron chi connectivity index (χ4n) is 6.72. The smallest absolute Gasteiger partial charge is 0.137 e. The monoisotopic (exact) mass is 561 g/mol. The van der Waals surface area contributed by atoms with Crippen LogP contribution < -0.4 is 4.90 Å². The molecule has 0 saturated carbocycles. The van der Waals surface area contributed by atoms with Crippen LogP contribution in [0.4, 0.5) is 17.1 Å². The molecule has 2 heteroatoms. The number of rotatable bonds is 4. The van der Waals surface area contributed by atoms with Crippen LogP contribution in [0.1, 0.15) is 0 Å². The minimum Gasteiger partial charge on any atom is -0.456 e. The molecule has 0 atom stereocenters. The highest BCUT2D eigenvalue weighted by Gasteiger charge is 2.17. The van der Waals surface area contributed by atoms with Gasteiger partial charge >= 0.3 is 0 Å². The zero-order valence-electron chi connectivity index (χ0n) is 23.9. The van der Waals surface area contributed by atoms with E-state index in [4.69, 9.17) is 4.42 Å². The lowest BCUT2D eigenvalue weighted by atomic mass is 9.96. The highest BCUT2D eigenvalue weighted by atomic mass is 16.3. The summed E-state index contributed by atoms with van der Waals surface area (Å²) in [5.41, 5.74) is 7.39. The third kappa shape index (κ3) is 3.96. The minimum atomic E-state index is 0.881. The Bertz CT molecular complexity index is 2510. The molecule has 8 aromatic carbocycles. The second-order valence-electron chi connectivity index (χ2n) is 11.4. The van der Waals surface area contributed by atoms with Crippen molar-refractivity contribution < 1.29 is 4.42 Å². The van der Waals surface area contributed by atoms with E-state index < -0.39 is 0 Å². The van der Waals surface area contributed by atoms with Gasteiger partial charge in [0.1, 0.15) is 11.2 Å². The largest absolute Gasteiger partial charge is 0.456 e. The average molecular weight is 562 g/mol. The van der Waals surface area contributed by atoms with Crippen molar-refractivity contribution in [3.05, 3.63) is 164 Å². The molecule has 0 aliphatic heterocycles. The van der Waals surface area contributed by atoms with E-state index in [2.05, 4.69) is 157 Å². The summed E-state index contributed by atoms with van der Waals surface area (Å²) in [6.07, 6.45) is 0. The van der Waals surface area contributed by atoms with Crippen LogP contribution in [-0.4, -0.2) is 0 Å². The standard InChI is InChI=1S/C42H27NO/c1-2-9-28(10-3-1)31-12-8-13-33(25-31)43(35-22-24-39-38-15-6-7-16-40(38)44-41(39)27-35)34-21-23-37-32(26-34)20-19-30-18-17-29-11-4-5-14-36(29)42(30)37/h1-27H. The van der Waals surface area contributed by atoms with E-state index in [1.807, 2.05) is 12.1 Å². The Morgan fingerprint density at radius 3 is 1.84 bits per heavy atom. The van der Waals surface area contributed by atoms with Crippen LogP contribution in [-0.2, 0) is 0 Å². The highest BCUT2D eigenvalue weighted by molar-refractivity contribution is 6.20. The number of hydrogen-bond donors (Lipinski definition) is 0. The number of hydrogen-bond acceptors (Lipinski definition) is 2. The maximum absolute atomic E-state index is 6.34. The number of nitrogens with zero attached hydrogens (tertiary/aromatic N) is 1. The van der Waals surface area contributed by atoms with Gasteiger partial charge in [-0.25, -0.2) is 0 Å². The van der Waals surface area contributed by atoms with Gasteiger partial charge in [0, 0.05) is 33.9 Å². The van der Waals surface area contributed by atoms with Crippen molar-refractivity contribution in [1.82, 2.24) is 0 Å². The molecule has 0 amide bonds. The summed E-state index contributed by atoms with van der Waals surface area (Å²) in [4.78, 5) is 2.34. The molecule has 1 aromatic heterocycles. The lowest BCUT2D eigenvalue weighted by Crippen LogP contribution is -2.10. The lowest BCUT2D eigenvalue weighted by molar-refractivity contribution is 0.669. The number of furan rings is 1. The van der Waals surface area contributed by atoms with Gasteiger partial charge in [0.2, 0.25) is 0 Å². The van der Waals surface area contributed by atoms with Gasteiger partial charge in [0.25, 0.3) is 0 Å². The van der Waals surface area contributed by atoms with Crippen molar-refractivity contribution in [2.45, 2.75) is 0 Å². The van der Waals surface area contributed by atoms with Crippen molar-refractivity contribution >= 4 is 71.3 Å². The van der Waals surface area contributed by atoms with Crippen LogP contribution in [0.15, 0.2) is 168 Å². The van der Waals surface area contributed by atoms with E-state index in [0.717, 1.165) is 39.0 Å². The van der Waals surface area contributed by atoms with Crippen LogP contribution in [0.3, 0.4) is 0 Å². The summed E-state index contributed by atoms with van der Waals surface area (Å²) in [6, 6.07) is 58.6. The minimum absolute atomic E-state index is 0.881. The second-order valence-corrected chi connectivity index (χ2v) is 11.4. The molecular formula is C42H27NO. The Balaban J connectivity index is 1.27. The molecule has 0 N–H and O–H groups in total. The molecule has 44 heavy (non-hydrogen) atoms. The molecule has 0 aliphatic carbocycles. The van der Waals surface area contributed by atoms with E-state index in [1.165, 1.54) is 43.4 Å². The molecule has 0 aliphatic rings. The Hall–Kier alpha value is -5.86. The molecule has 206 valence electrons. The Labute approximate surface area is 255 Å².